The van der Waals surface area contributed by atoms with Crippen LogP contribution in [0.2, 0.25) is 0 Å². The molecule has 2 N–H and O–H groups in total. The molecule has 0 radical (unpaired) electrons. The van der Waals surface area contributed by atoms with E-state index in [4.69, 9.17) is 15.1 Å². The van der Waals surface area contributed by atoms with Crippen LogP contribution in [0.4, 0.5) is 0 Å². The van der Waals surface area contributed by atoms with Gasteiger partial charge in [0, 0.05) is 0 Å². The number of hydrogen-bond donors (Lipinski definition) is 2. The normalized spacial score (nSPS) is 12.5. The van der Waals surface area contributed by atoms with Gasteiger partial charge in [0.15, 0.2) is 0 Å². The van der Waals surface area contributed by atoms with Crippen molar-refractivity contribution in [2.24, 2.45) is 0 Å². The van der Waals surface area contributed by atoms with Crippen LogP contribution in [0.1, 0.15) is 0 Å². The fraction of sp³-hybridized carbons (Fsp3) is 0.250. The Kier molecular flexibility index (Phi) is 3.53. The Morgan fingerprint density at radius 2 is 1.92 bits per heavy atom. The third-order valence-corrected chi connectivity index (χ3v) is 1.23. The molecule has 0 saturated carbocycles. The predicted octanol–water partition coefficient (Wildman–Crippen LogP) is 0.873. The van der Waals surface area contributed by atoms with E-state index in [-0.39, 0.29) is 6.61 Å². The lowest BCUT2D eigenvalue weighted by Crippen LogP contribution is -2.21. The minimum atomic E-state index is -1.14. The first-order chi connectivity index (χ1) is 5.83. The van der Waals surface area contributed by atoms with Crippen molar-refractivity contribution in [3.8, 4) is 5.75 Å². The summed E-state index contributed by atoms with van der Waals surface area (Å²) in [5.41, 5.74) is 0. The monoisotopic (exact) mass is 170 g/mol. The van der Waals surface area contributed by atoms with E-state index in [1.165, 1.54) is 0 Å². The Bertz CT molecular complexity index is 212. The zero-order valence-electron chi connectivity index (χ0n) is 6.38. The number of hydrogen-bond acceptors (Lipinski definition) is 4. The Morgan fingerprint density at radius 3 is 2.50 bits per heavy atom. The van der Waals surface area contributed by atoms with Crippen molar-refractivity contribution in [3.05, 3.63) is 30.3 Å². The smallest absolute Gasteiger partial charge is 0.224 e. The topological polar surface area (TPSA) is 58.9 Å². The Balaban J connectivity index is 2.41. The van der Waals surface area contributed by atoms with Crippen molar-refractivity contribution < 1.29 is 20.0 Å². The van der Waals surface area contributed by atoms with E-state index in [1.807, 2.05) is 6.07 Å². The maximum absolute atomic E-state index is 9.00. The Labute approximate surface area is 69.9 Å². The Morgan fingerprint density at radius 1 is 1.25 bits per heavy atom. The van der Waals surface area contributed by atoms with Crippen LogP contribution in [0.5, 0.6) is 5.75 Å². The second-order valence-corrected chi connectivity index (χ2v) is 2.18. The highest BCUT2D eigenvalue weighted by molar-refractivity contribution is 5.20. The van der Waals surface area contributed by atoms with E-state index >= 15 is 0 Å². The third-order valence-electron chi connectivity index (χ3n) is 1.23. The molecule has 0 fully saturated rings. The molecule has 0 aliphatic carbocycles. The van der Waals surface area contributed by atoms with Gasteiger partial charge in [-0.25, -0.2) is 4.89 Å². The standard InChI is InChI=1S/C8H10O4/c9-8(6-11-10)12-7-4-2-1-3-5-7/h1-5,8-10H,6H2. The molecule has 0 spiro atoms. The van der Waals surface area contributed by atoms with Crippen molar-refractivity contribution in [1.29, 1.82) is 0 Å². The van der Waals surface area contributed by atoms with Gasteiger partial charge in [-0.15, -0.1) is 0 Å². The summed E-state index contributed by atoms with van der Waals surface area (Å²) in [7, 11) is 0. The molecule has 66 valence electrons. The first-order valence-corrected chi connectivity index (χ1v) is 3.49. The zero-order chi connectivity index (χ0) is 8.81. The first kappa shape index (κ1) is 8.99. The van der Waals surface area contributed by atoms with Gasteiger partial charge in [0.1, 0.15) is 12.4 Å². The summed E-state index contributed by atoms with van der Waals surface area (Å²) >= 11 is 0. The average Bonchev–Trinajstić information content (AvgIpc) is 2.06. The van der Waals surface area contributed by atoms with E-state index in [9.17, 15) is 0 Å². The molecular formula is C8H10O4. The van der Waals surface area contributed by atoms with E-state index in [1.54, 1.807) is 24.3 Å². The predicted molar refractivity (Wildman–Crippen MR) is 41.7 cm³/mol. The van der Waals surface area contributed by atoms with E-state index in [0.29, 0.717) is 5.75 Å². The van der Waals surface area contributed by atoms with Crippen molar-refractivity contribution in [3.63, 3.8) is 0 Å². The molecule has 1 aromatic rings. The van der Waals surface area contributed by atoms with Crippen LogP contribution < -0.4 is 4.74 Å². The molecule has 0 bridgehead atoms. The maximum atomic E-state index is 9.00. The molecule has 0 aromatic heterocycles. The summed E-state index contributed by atoms with van der Waals surface area (Å²) in [5.74, 6) is 0.530. The quantitative estimate of drug-likeness (QED) is 0.400. The third kappa shape index (κ3) is 2.87. The highest BCUT2D eigenvalue weighted by atomic mass is 17.1. The molecule has 12 heavy (non-hydrogen) atoms. The van der Waals surface area contributed by atoms with Crippen molar-refractivity contribution >= 4 is 0 Å². The van der Waals surface area contributed by atoms with Gasteiger partial charge in [-0.05, 0) is 12.1 Å². The summed E-state index contributed by atoms with van der Waals surface area (Å²) in [6.45, 7) is -0.269. The van der Waals surface area contributed by atoms with Crippen LogP contribution in [0.3, 0.4) is 0 Å². The van der Waals surface area contributed by atoms with Crippen LogP contribution >= 0.6 is 0 Å². The van der Waals surface area contributed by atoms with E-state index in [0.717, 1.165) is 0 Å². The number of aliphatic hydroxyl groups is 1. The van der Waals surface area contributed by atoms with Gasteiger partial charge < -0.3 is 9.84 Å². The number of rotatable bonds is 4. The molecule has 1 atom stereocenters. The van der Waals surface area contributed by atoms with Crippen molar-refractivity contribution in [1.82, 2.24) is 0 Å². The van der Waals surface area contributed by atoms with Crippen molar-refractivity contribution in [2.75, 3.05) is 6.61 Å². The molecule has 0 heterocycles. The fourth-order valence-electron chi connectivity index (χ4n) is 0.754. The number of ether oxygens (including phenoxy) is 1. The minimum Gasteiger partial charge on any atom is -0.462 e. The molecule has 0 saturated heterocycles. The fourth-order valence-corrected chi connectivity index (χ4v) is 0.754. The molecule has 0 aliphatic rings. The highest BCUT2D eigenvalue weighted by Gasteiger charge is 2.04. The maximum Gasteiger partial charge on any atom is 0.224 e. The van der Waals surface area contributed by atoms with Gasteiger partial charge >= 0.3 is 0 Å². The summed E-state index contributed by atoms with van der Waals surface area (Å²) in [6.07, 6.45) is -1.14. The molecule has 4 nitrogen and oxygen atoms in total. The van der Waals surface area contributed by atoms with E-state index in [2.05, 4.69) is 4.89 Å². The van der Waals surface area contributed by atoms with Crippen LogP contribution in [-0.2, 0) is 4.89 Å². The summed E-state index contributed by atoms with van der Waals surface area (Å²) in [6, 6.07) is 8.78. The van der Waals surface area contributed by atoms with Crippen LogP contribution in [0.25, 0.3) is 0 Å². The second kappa shape index (κ2) is 4.71. The van der Waals surface area contributed by atoms with Gasteiger partial charge in [0.05, 0.1) is 0 Å². The summed E-state index contributed by atoms with van der Waals surface area (Å²) in [5, 5.41) is 17.0. The lowest BCUT2D eigenvalue weighted by molar-refractivity contribution is -0.274. The zero-order valence-corrected chi connectivity index (χ0v) is 6.38. The second-order valence-electron chi connectivity index (χ2n) is 2.18. The first-order valence-electron chi connectivity index (χ1n) is 3.49. The Hall–Kier alpha value is -1.10. The highest BCUT2D eigenvalue weighted by Crippen LogP contribution is 2.09. The number of benzene rings is 1. The molecular weight excluding hydrogens is 160 g/mol. The summed E-state index contributed by atoms with van der Waals surface area (Å²) < 4.78 is 4.93. The SMILES string of the molecule is OOCC(O)Oc1ccccc1. The molecule has 1 rings (SSSR count). The van der Waals surface area contributed by atoms with Crippen LogP contribution in [0.15, 0.2) is 30.3 Å². The van der Waals surface area contributed by atoms with Gasteiger partial charge in [0.2, 0.25) is 6.29 Å². The number of aliphatic hydroxyl groups excluding tert-OH is 1. The molecule has 1 unspecified atom stereocenters. The minimum absolute atomic E-state index is 0.269. The lowest BCUT2D eigenvalue weighted by atomic mass is 10.3. The number of para-hydroxylation sites is 1. The van der Waals surface area contributed by atoms with Crippen LogP contribution in [-0.4, -0.2) is 23.3 Å². The largest absolute Gasteiger partial charge is 0.462 e. The molecule has 1 aromatic carbocycles. The molecule has 0 amide bonds. The lowest BCUT2D eigenvalue weighted by Gasteiger charge is -2.10. The average molecular weight is 170 g/mol. The van der Waals surface area contributed by atoms with Crippen LogP contribution in [0, 0.1) is 0 Å². The summed E-state index contributed by atoms with van der Waals surface area (Å²) in [4.78, 5) is 3.70. The molecule has 4 heteroatoms. The van der Waals surface area contributed by atoms with Gasteiger partial charge in [0.25, 0.3) is 0 Å². The van der Waals surface area contributed by atoms with Gasteiger partial charge in [-0.3, -0.25) is 5.26 Å². The van der Waals surface area contributed by atoms with Crippen molar-refractivity contribution in [2.45, 2.75) is 6.29 Å². The molecule has 0 aliphatic heterocycles. The van der Waals surface area contributed by atoms with E-state index < -0.39 is 6.29 Å². The van der Waals surface area contributed by atoms with Gasteiger partial charge in [-0.1, -0.05) is 18.2 Å². The van der Waals surface area contributed by atoms with Gasteiger partial charge in [-0.2, -0.15) is 0 Å².